The predicted octanol–water partition coefficient (Wildman–Crippen LogP) is 2.87. The van der Waals surface area contributed by atoms with Gasteiger partial charge in [0.2, 0.25) is 0 Å². The lowest BCUT2D eigenvalue weighted by atomic mass is 9.81. The van der Waals surface area contributed by atoms with Crippen molar-refractivity contribution in [2.45, 2.75) is 58.9 Å². The topological polar surface area (TPSA) is 29.3 Å². The molecule has 0 aromatic heterocycles. The van der Waals surface area contributed by atoms with Crippen LogP contribution in [0, 0.1) is 11.8 Å². The summed E-state index contributed by atoms with van der Waals surface area (Å²) < 4.78 is 0. The van der Waals surface area contributed by atoms with Crippen LogP contribution in [0.2, 0.25) is 0 Å². The van der Waals surface area contributed by atoms with Crippen LogP contribution in [0.15, 0.2) is 0 Å². The zero-order valence-corrected chi connectivity index (χ0v) is 11.4. The molecule has 96 valence electrons. The van der Waals surface area contributed by atoms with Crippen molar-refractivity contribution in [1.82, 2.24) is 4.90 Å². The maximum Gasteiger partial charge on any atom is 0.00387 e. The lowest BCUT2D eigenvalue weighted by Gasteiger charge is -2.34. The van der Waals surface area contributed by atoms with Gasteiger partial charge in [0.05, 0.1) is 0 Å². The van der Waals surface area contributed by atoms with E-state index in [2.05, 4.69) is 25.7 Å². The van der Waals surface area contributed by atoms with Crippen molar-refractivity contribution < 1.29 is 0 Å². The molecule has 2 N–H and O–H groups in total. The van der Waals surface area contributed by atoms with Crippen LogP contribution in [0.4, 0.5) is 0 Å². The molecule has 0 saturated heterocycles. The number of hydrogen-bond donors (Lipinski definition) is 1. The molecule has 1 aliphatic rings. The Labute approximate surface area is 102 Å². The van der Waals surface area contributed by atoms with Gasteiger partial charge >= 0.3 is 0 Å². The van der Waals surface area contributed by atoms with Crippen molar-refractivity contribution in [2.24, 2.45) is 17.6 Å². The molecule has 0 aromatic carbocycles. The molecule has 0 heterocycles. The van der Waals surface area contributed by atoms with E-state index in [1.165, 1.54) is 45.2 Å². The Hall–Kier alpha value is -0.0800. The van der Waals surface area contributed by atoms with Gasteiger partial charge in [-0.15, -0.1) is 0 Å². The van der Waals surface area contributed by atoms with Gasteiger partial charge in [-0.3, -0.25) is 0 Å². The minimum atomic E-state index is 0.701. The highest BCUT2D eigenvalue weighted by molar-refractivity contribution is 4.76. The third-order valence-electron chi connectivity index (χ3n) is 4.03. The van der Waals surface area contributed by atoms with Crippen molar-refractivity contribution in [3.05, 3.63) is 0 Å². The minimum absolute atomic E-state index is 0.701. The van der Waals surface area contributed by atoms with E-state index in [9.17, 15) is 0 Å². The Morgan fingerprint density at radius 2 is 1.69 bits per heavy atom. The molecular weight excluding hydrogens is 196 g/mol. The molecule has 0 radical (unpaired) electrons. The van der Waals surface area contributed by atoms with Gasteiger partial charge in [0.15, 0.2) is 0 Å². The second-order valence-corrected chi connectivity index (χ2v) is 5.71. The summed E-state index contributed by atoms with van der Waals surface area (Å²) in [7, 11) is 0. The lowest BCUT2D eigenvalue weighted by Crippen LogP contribution is -2.37. The maximum absolute atomic E-state index is 5.74. The second kappa shape index (κ2) is 7.29. The van der Waals surface area contributed by atoms with Crippen molar-refractivity contribution in [3.63, 3.8) is 0 Å². The quantitative estimate of drug-likeness (QED) is 0.754. The van der Waals surface area contributed by atoms with Gasteiger partial charge in [0.1, 0.15) is 0 Å². The van der Waals surface area contributed by atoms with Gasteiger partial charge in [0.25, 0.3) is 0 Å². The van der Waals surface area contributed by atoms with Crippen molar-refractivity contribution >= 4 is 0 Å². The third-order valence-corrected chi connectivity index (χ3v) is 4.03. The van der Waals surface area contributed by atoms with Gasteiger partial charge in [-0.1, -0.05) is 6.92 Å². The van der Waals surface area contributed by atoms with Crippen LogP contribution < -0.4 is 5.73 Å². The smallest absolute Gasteiger partial charge is 0.00387 e. The Kier molecular flexibility index (Phi) is 6.37. The predicted molar refractivity (Wildman–Crippen MR) is 71.5 cm³/mol. The van der Waals surface area contributed by atoms with Crippen molar-refractivity contribution in [1.29, 1.82) is 0 Å². The standard InChI is InChI=1S/C14H30N2/c1-4-9-16(12(2)3)11-14-7-5-13(10-15)6-8-14/h12-14H,4-11,15H2,1-3H3. The summed E-state index contributed by atoms with van der Waals surface area (Å²) >= 11 is 0. The van der Waals surface area contributed by atoms with E-state index in [0.29, 0.717) is 6.04 Å². The molecule has 0 atom stereocenters. The van der Waals surface area contributed by atoms with Crippen molar-refractivity contribution in [2.75, 3.05) is 19.6 Å². The summed E-state index contributed by atoms with van der Waals surface area (Å²) in [6, 6.07) is 0.701. The average Bonchev–Trinajstić information content (AvgIpc) is 2.29. The zero-order chi connectivity index (χ0) is 12.0. The van der Waals surface area contributed by atoms with Crippen LogP contribution >= 0.6 is 0 Å². The monoisotopic (exact) mass is 226 g/mol. The molecule has 1 rings (SSSR count). The van der Waals surface area contributed by atoms with E-state index < -0.39 is 0 Å². The molecule has 2 heteroatoms. The van der Waals surface area contributed by atoms with Crippen LogP contribution in [0.5, 0.6) is 0 Å². The number of nitrogens with zero attached hydrogens (tertiary/aromatic N) is 1. The van der Waals surface area contributed by atoms with E-state index in [1.807, 2.05) is 0 Å². The lowest BCUT2D eigenvalue weighted by molar-refractivity contribution is 0.153. The molecule has 0 aromatic rings. The van der Waals surface area contributed by atoms with Gasteiger partial charge in [-0.05, 0) is 70.9 Å². The first kappa shape index (κ1) is 14.0. The van der Waals surface area contributed by atoms with Crippen molar-refractivity contribution in [3.8, 4) is 0 Å². The van der Waals surface area contributed by atoms with Crippen LogP contribution in [-0.2, 0) is 0 Å². The second-order valence-electron chi connectivity index (χ2n) is 5.71. The first-order chi connectivity index (χ1) is 7.67. The summed E-state index contributed by atoms with van der Waals surface area (Å²) in [4.78, 5) is 2.65. The molecule has 2 nitrogen and oxygen atoms in total. The Morgan fingerprint density at radius 3 is 2.12 bits per heavy atom. The van der Waals surface area contributed by atoms with Crippen LogP contribution in [-0.4, -0.2) is 30.6 Å². The molecule has 0 spiro atoms. The van der Waals surface area contributed by atoms with E-state index in [0.717, 1.165) is 18.4 Å². The summed E-state index contributed by atoms with van der Waals surface area (Å²) in [6.45, 7) is 10.4. The van der Waals surface area contributed by atoms with Crippen LogP contribution in [0.3, 0.4) is 0 Å². The SMILES string of the molecule is CCCN(CC1CCC(CN)CC1)C(C)C. The molecule has 0 unspecified atom stereocenters. The van der Waals surface area contributed by atoms with E-state index in [4.69, 9.17) is 5.73 Å². The fraction of sp³-hybridized carbons (Fsp3) is 1.00. The molecule has 0 amide bonds. The normalized spacial score (nSPS) is 26.6. The Bertz CT molecular complexity index is 172. The molecule has 1 saturated carbocycles. The van der Waals surface area contributed by atoms with Crippen LogP contribution in [0.25, 0.3) is 0 Å². The highest BCUT2D eigenvalue weighted by atomic mass is 15.1. The first-order valence-electron chi connectivity index (χ1n) is 7.11. The summed E-state index contributed by atoms with van der Waals surface area (Å²) in [5, 5.41) is 0. The molecule has 1 fully saturated rings. The molecule has 0 bridgehead atoms. The first-order valence-corrected chi connectivity index (χ1v) is 7.11. The van der Waals surface area contributed by atoms with Gasteiger partial charge in [0, 0.05) is 12.6 Å². The van der Waals surface area contributed by atoms with Crippen LogP contribution in [0.1, 0.15) is 52.9 Å². The molecular formula is C14H30N2. The number of nitrogens with two attached hydrogens (primary N) is 1. The number of rotatable bonds is 6. The fourth-order valence-corrected chi connectivity index (χ4v) is 2.83. The molecule has 16 heavy (non-hydrogen) atoms. The average molecular weight is 226 g/mol. The zero-order valence-electron chi connectivity index (χ0n) is 11.4. The van der Waals surface area contributed by atoms with E-state index >= 15 is 0 Å². The summed E-state index contributed by atoms with van der Waals surface area (Å²) in [6.07, 6.45) is 6.79. The fourth-order valence-electron chi connectivity index (χ4n) is 2.83. The molecule has 1 aliphatic carbocycles. The van der Waals surface area contributed by atoms with Gasteiger partial charge < -0.3 is 10.6 Å². The highest BCUT2D eigenvalue weighted by Gasteiger charge is 2.22. The summed E-state index contributed by atoms with van der Waals surface area (Å²) in [5.74, 6) is 1.74. The largest absolute Gasteiger partial charge is 0.330 e. The Balaban J connectivity index is 2.30. The maximum atomic E-state index is 5.74. The highest BCUT2D eigenvalue weighted by Crippen LogP contribution is 2.29. The van der Waals surface area contributed by atoms with E-state index in [-0.39, 0.29) is 0 Å². The van der Waals surface area contributed by atoms with E-state index in [1.54, 1.807) is 0 Å². The third kappa shape index (κ3) is 4.42. The van der Waals surface area contributed by atoms with Gasteiger partial charge in [-0.2, -0.15) is 0 Å². The van der Waals surface area contributed by atoms with Gasteiger partial charge in [-0.25, -0.2) is 0 Å². The number of hydrogen-bond acceptors (Lipinski definition) is 2. The molecule has 0 aliphatic heterocycles. The summed E-state index contributed by atoms with van der Waals surface area (Å²) in [5.41, 5.74) is 5.74. The minimum Gasteiger partial charge on any atom is -0.330 e. The Morgan fingerprint density at radius 1 is 1.12 bits per heavy atom.